The van der Waals surface area contributed by atoms with E-state index in [0.29, 0.717) is 12.2 Å². The molecule has 0 N–H and O–H groups in total. The third kappa shape index (κ3) is 5.70. The average molecular weight is 402 g/mol. The Labute approximate surface area is 173 Å². The van der Waals surface area contributed by atoms with Gasteiger partial charge in [-0.15, -0.1) is 0 Å². The van der Waals surface area contributed by atoms with E-state index in [9.17, 15) is 4.79 Å². The summed E-state index contributed by atoms with van der Waals surface area (Å²) in [6, 6.07) is 5.93. The van der Waals surface area contributed by atoms with Crippen molar-refractivity contribution in [3.8, 4) is 11.5 Å². The molecule has 1 heterocycles. The molecule has 0 saturated heterocycles. The molecule has 0 amide bonds. The van der Waals surface area contributed by atoms with Crippen molar-refractivity contribution >= 4 is 5.97 Å². The fraction of sp³-hybridized carbons (Fsp3) is 0.478. The van der Waals surface area contributed by atoms with Crippen LogP contribution in [0, 0.1) is 20.8 Å². The van der Waals surface area contributed by atoms with Crippen molar-refractivity contribution in [1.29, 1.82) is 0 Å². The maximum atomic E-state index is 11.4. The number of hydrogen-bond acceptors (Lipinski definition) is 6. The molecule has 0 aliphatic heterocycles. The van der Waals surface area contributed by atoms with Gasteiger partial charge in [-0.3, -0.25) is 4.98 Å². The van der Waals surface area contributed by atoms with Gasteiger partial charge in [0.25, 0.3) is 0 Å². The van der Waals surface area contributed by atoms with Gasteiger partial charge in [-0.2, -0.15) is 0 Å². The van der Waals surface area contributed by atoms with Crippen molar-refractivity contribution in [3.05, 3.63) is 51.8 Å². The number of benzene rings is 1. The van der Waals surface area contributed by atoms with E-state index >= 15 is 0 Å². The summed E-state index contributed by atoms with van der Waals surface area (Å²) < 4.78 is 21.0. The van der Waals surface area contributed by atoms with E-state index in [-0.39, 0.29) is 19.3 Å². The van der Waals surface area contributed by atoms with Gasteiger partial charge in [0.2, 0.25) is 0 Å². The first-order valence-electron chi connectivity index (χ1n) is 9.69. The molecule has 0 saturated carbocycles. The van der Waals surface area contributed by atoms with E-state index in [2.05, 4.69) is 25.5 Å². The first-order chi connectivity index (χ1) is 13.8. The molecule has 0 aliphatic carbocycles. The molecular weight excluding hydrogens is 370 g/mol. The monoisotopic (exact) mass is 401 g/mol. The molecule has 0 spiro atoms. The quantitative estimate of drug-likeness (QED) is 0.462. The van der Waals surface area contributed by atoms with Gasteiger partial charge in [0.15, 0.2) is 13.4 Å². The summed E-state index contributed by atoms with van der Waals surface area (Å²) in [6.45, 7) is 10.4. The summed E-state index contributed by atoms with van der Waals surface area (Å²) in [5, 5.41) is 0. The molecular formula is C23H31NO5. The summed E-state index contributed by atoms with van der Waals surface area (Å²) in [5.41, 5.74) is 6.36. The molecule has 0 radical (unpaired) electrons. The third-order valence-corrected chi connectivity index (χ3v) is 4.96. The third-order valence-electron chi connectivity index (χ3n) is 4.96. The smallest absolute Gasteiger partial charge is 0.343 e. The predicted octanol–water partition coefficient (Wildman–Crippen LogP) is 4.26. The Hall–Kier alpha value is -2.60. The minimum atomic E-state index is -0.398. The first kappa shape index (κ1) is 22.7. The molecule has 29 heavy (non-hydrogen) atoms. The van der Waals surface area contributed by atoms with Crippen LogP contribution < -0.4 is 9.47 Å². The fourth-order valence-corrected chi connectivity index (χ4v) is 3.16. The SMILES string of the molecule is COCOc1ccc(Cc2c(C)cc(OCC(=O)OC)c(C)c2C)nc1C(C)C. The van der Waals surface area contributed by atoms with Gasteiger partial charge < -0.3 is 18.9 Å². The second-order valence-corrected chi connectivity index (χ2v) is 7.35. The van der Waals surface area contributed by atoms with Crippen LogP contribution in [0.1, 0.15) is 53.4 Å². The lowest BCUT2D eigenvalue weighted by atomic mass is 9.93. The lowest BCUT2D eigenvalue weighted by Crippen LogP contribution is -2.14. The number of rotatable bonds is 9. The van der Waals surface area contributed by atoms with Crippen molar-refractivity contribution in [2.24, 2.45) is 0 Å². The molecule has 2 aromatic rings. The number of methoxy groups -OCH3 is 2. The summed E-state index contributed by atoms with van der Waals surface area (Å²) in [5.74, 6) is 1.29. The molecule has 0 fully saturated rings. The second kappa shape index (κ2) is 10.3. The van der Waals surface area contributed by atoms with Gasteiger partial charge >= 0.3 is 5.97 Å². The van der Waals surface area contributed by atoms with Crippen LogP contribution in [0.4, 0.5) is 0 Å². The molecule has 0 unspecified atom stereocenters. The number of esters is 1. The van der Waals surface area contributed by atoms with Gasteiger partial charge in [-0.25, -0.2) is 4.79 Å². The van der Waals surface area contributed by atoms with E-state index in [1.54, 1.807) is 7.11 Å². The number of carbonyl (C=O) groups is 1. The zero-order valence-corrected chi connectivity index (χ0v) is 18.4. The Morgan fingerprint density at radius 1 is 1.03 bits per heavy atom. The van der Waals surface area contributed by atoms with Crippen LogP contribution >= 0.6 is 0 Å². The van der Waals surface area contributed by atoms with Crippen molar-refractivity contribution in [2.75, 3.05) is 27.6 Å². The zero-order chi connectivity index (χ0) is 21.6. The fourth-order valence-electron chi connectivity index (χ4n) is 3.16. The van der Waals surface area contributed by atoms with Crippen LogP contribution in [0.2, 0.25) is 0 Å². The molecule has 2 rings (SSSR count). The van der Waals surface area contributed by atoms with Crippen molar-refractivity contribution in [3.63, 3.8) is 0 Å². The maximum Gasteiger partial charge on any atom is 0.343 e. The van der Waals surface area contributed by atoms with Gasteiger partial charge in [0, 0.05) is 19.2 Å². The minimum absolute atomic E-state index is 0.0994. The van der Waals surface area contributed by atoms with Gasteiger partial charge in [-0.05, 0) is 67.1 Å². The Morgan fingerprint density at radius 2 is 1.76 bits per heavy atom. The van der Waals surface area contributed by atoms with E-state index in [1.807, 2.05) is 32.0 Å². The summed E-state index contributed by atoms with van der Waals surface area (Å²) >= 11 is 0. The predicted molar refractivity (Wildman–Crippen MR) is 112 cm³/mol. The van der Waals surface area contributed by atoms with E-state index in [1.165, 1.54) is 12.7 Å². The lowest BCUT2D eigenvalue weighted by molar-refractivity contribution is -0.142. The number of aryl methyl sites for hydroxylation is 1. The normalized spacial score (nSPS) is 10.9. The van der Waals surface area contributed by atoms with Crippen molar-refractivity contribution in [1.82, 2.24) is 4.98 Å². The first-order valence-corrected chi connectivity index (χ1v) is 9.69. The highest BCUT2D eigenvalue weighted by Crippen LogP contribution is 2.31. The summed E-state index contributed by atoms with van der Waals surface area (Å²) in [6.07, 6.45) is 0.708. The van der Waals surface area contributed by atoms with Crippen LogP contribution in [-0.2, 0) is 20.7 Å². The Bertz CT molecular complexity index is 861. The van der Waals surface area contributed by atoms with E-state index in [4.69, 9.17) is 19.2 Å². The highest BCUT2D eigenvalue weighted by molar-refractivity contribution is 5.71. The van der Waals surface area contributed by atoms with Crippen LogP contribution in [0.5, 0.6) is 11.5 Å². The number of aromatic nitrogens is 1. The molecule has 6 heteroatoms. The standard InChI is InChI=1S/C23H31NO5/c1-14(2)23-20(29-13-26-6)9-8-18(24-23)11-19-15(3)10-21(17(5)16(19)4)28-12-22(25)27-7/h8-10,14H,11-13H2,1-7H3. The van der Waals surface area contributed by atoms with Crippen molar-refractivity contribution < 1.29 is 23.7 Å². The Balaban J connectivity index is 2.30. The number of hydrogen-bond donors (Lipinski definition) is 0. The minimum Gasteiger partial charge on any atom is -0.482 e. The lowest BCUT2D eigenvalue weighted by Gasteiger charge is -2.18. The Kier molecular flexibility index (Phi) is 8.02. The zero-order valence-electron chi connectivity index (χ0n) is 18.4. The van der Waals surface area contributed by atoms with Crippen LogP contribution in [0.15, 0.2) is 18.2 Å². The molecule has 1 aromatic heterocycles. The number of pyridine rings is 1. The number of carbonyl (C=O) groups excluding carboxylic acids is 1. The molecule has 6 nitrogen and oxygen atoms in total. The number of nitrogens with zero attached hydrogens (tertiary/aromatic N) is 1. The van der Waals surface area contributed by atoms with Crippen LogP contribution in [0.25, 0.3) is 0 Å². The average Bonchev–Trinajstić information content (AvgIpc) is 2.71. The Morgan fingerprint density at radius 3 is 2.38 bits per heavy atom. The summed E-state index contributed by atoms with van der Waals surface area (Å²) in [4.78, 5) is 16.2. The van der Waals surface area contributed by atoms with Crippen molar-refractivity contribution in [2.45, 2.75) is 47.0 Å². The van der Waals surface area contributed by atoms with Gasteiger partial charge in [0.1, 0.15) is 11.5 Å². The van der Waals surface area contributed by atoms with E-state index in [0.717, 1.165) is 33.8 Å². The molecule has 0 bridgehead atoms. The van der Waals surface area contributed by atoms with Crippen LogP contribution in [-0.4, -0.2) is 38.6 Å². The maximum absolute atomic E-state index is 11.4. The summed E-state index contributed by atoms with van der Waals surface area (Å²) in [7, 11) is 2.95. The largest absolute Gasteiger partial charge is 0.482 e. The molecule has 0 atom stereocenters. The second-order valence-electron chi connectivity index (χ2n) is 7.35. The molecule has 1 aromatic carbocycles. The molecule has 0 aliphatic rings. The molecule has 158 valence electrons. The van der Waals surface area contributed by atoms with Crippen LogP contribution in [0.3, 0.4) is 0 Å². The highest BCUT2D eigenvalue weighted by Gasteiger charge is 2.16. The number of ether oxygens (including phenoxy) is 4. The van der Waals surface area contributed by atoms with E-state index < -0.39 is 5.97 Å². The highest BCUT2D eigenvalue weighted by atomic mass is 16.7. The van der Waals surface area contributed by atoms with Gasteiger partial charge in [0.05, 0.1) is 12.8 Å². The topological polar surface area (TPSA) is 66.9 Å². The van der Waals surface area contributed by atoms with Gasteiger partial charge in [-0.1, -0.05) is 13.8 Å².